The second-order valence-corrected chi connectivity index (χ2v) is 10.5. The van der Waals surface area contributed by atoms with Crippen LogP contribution in [-0.4, -0.2) is 39.4 Å². The van der Waals surface area contributed by atoms with Gasteiger partial charge in [-0.25, -0.2) is 14.4 Å². The summed E-state index contributed by atoms with van der Waals surface area (Å²) in [6, 6.07) is 6.94. The maximum Gasteiger partial charge on any atom is 0.303 e. The van der Waals surface area contributed by atoms with E-state index in [0.717, 1.165) is 37.9 Å². The summed E-state index contributed by atoms with van der Waals surface area (Å²) in [5, 5.41) is 13.9. The lowest BCUT2D eigenvalue weighted by Crippen LogP contribution is -2.46. The fourth-order valence-corrected chi connectivity index (χ4v) is 4.60. The van der Waals surface area contributed by atoms with Crippen LogP contribution in [0.4, 0.5) is 24.7 Å². The zero-order valence-corrected chi connectivity index (χ0v) is 21.7. The first-order valence-electron chi connectivity index (χ1n) is 12.1. The number of aliphatic hydroxyl groups is 1. The number of hydrogen-bond donors (Lipinski definition) is 2. The molecule has 0 saturated heterocycles. The Morgan fingerprint density at radius 1 is 1.22 bits per heavy atom. The molecule has 0 fully saturated rings. The maximum atomic E-state index is 15.4. The molecule has 1 aliphatic rings. The standard InChI is InChI=1S/C27H33F3N4O2/c1-8-34-14-25(4,5)36-22-13-20-18(12-21(22)34)24(33-16(3)32-20)31-15(2)17-10-9-11-19(23(17)28)27(29,30)26(6,7)35/h9-13,15,35H,8,14H2,1-7H3,(H,31,32,33)/t15-/m1/s1. The highest BCUT2D eigenvalue weighted by molar-refractivity contribution is 5.94. The molecular weight excluding hydrogens is 469 g/mol. The van der Waals surface area contributed by atoms with Gasteiger partial charge in [0.05, 0.1) is 29.4 Å². The van der Waals surface area contributed by atoms with Gasteiger partial charge in [0.15, 0.2) is 0 Å². The lowest BCUT2D eigenvalue weighted by molar-refractivity contribution is -0.170. The fraction of sp³-hybridized carbons (Fsp3) is 0.481. The van der Waals surface area contributed by atoms with E-state index in [0.29, 0.717) is 29.1 Å². The van der Waals surface area contributed by atoms with E-state index in [4.69, 9.17) is 4.74 Å². The molecule has 2 heterocycles. The van der Waals surface area contributed by atoms with Crippen molar-refractivity contribution in [2.24, 2.45) is 0 Å². The molecule has 3 aromatic rings. The summed E-state index contributed by atoms with van der Waals surface area (Å²) in [4.78, 5) is 11.3. The van der Waals surface area contributed by atoms with Crippen molar-refractivity contribution in [3.8, 4) is 5.75 Å². The Morgan fingerprint density at radius 3 is 2.56 bits per heavy atom. The number of halogens is 3. The minimum Gasteiger partial charge on any atom is -0.484 e. The van der Waals surface area contributed by atoms with Crippen LogP contribution in [0.15, 0.2) is 30.3 Å². The molecule has 4 rings (SSSR count). The Morgan fingerprint density at radius 2 is 1.92 bits per heavy atom. The zero-order chi connectivity index (χ0) is 26.6. The van der Waals surface area contributed by atoms with Crippen molar-refractivity contribution in [2.75, 3.05) is 23.3 Å². The molecule has 0 spiro atoms. The average molecular weight is 503 g/mol. The van der Waals surface area contributed by atoms with Crippen molar-refractivity contribution >= 4 is 22.4 Å². The minimum absolute atomic E-state index is 0.0408. The van der Waals surface area contributed by atoms with Crippen LogP contribution in [0.2, 0.25) is 0 Å². The summed E-state index contributed by atoms with van der Waals surface area (Å²) in [6.45, 7) is 13.0. The van der Waals surface area contributed by atoms with Crippen molar-refractivity contribution in [1.82, 2.24) is 9.97 Å². The Bertz CT molecular complexity index is 1300. The molecule has 0 bridgehead atoms. The molecule has 1 aromatic heterocycles. The lowest BCUT2D eigenvalue weighted by atomic mass is 9.91. The van der Waals surface area contributed by atoms with E-state index in [1.807, 2.05) is 26.0 Å². The van der Waals surface area contributed by atoms with Crippen molar-refractivity contribution in [1.29, 1.82) is 0 Å². The van der Waals surface area contributed by atoms with Crippen LogP contribution >= 0.6 is 0 Å². The predicted octanol–water partition coefficient (Wildman–Crippen LogP) is 6.11. The highest BCUT2D eigenvalue weighted by Crippen LogP contribution is 2.43. The molecule has 1 aliphatic heterocycles. The number of benzene rings is 2. The summed E-state index contributed by atoms with van der Waals surface area (Å²) in [5.74, 6) is -3.15. The number of aryl methyl sites for hydroxylation is 1. The Labute approximate surface area is 209 Å². The van der Waals surface area contributed by atoms with Crippen LogP contribution < -0.4 is 15.0 Å². The molecule has 0 amide bonds. The molecule has 194 valence electrons. The quantitative estimate of drug-likeness (QED) is 0.424. The molecule has 0 unspecified atom stereocenters. The molecule has 0 radical (unpaired) electrons. The second-order valence-electron chi connectivity index (χ2n) is 10.5. The van der Waals surface area contributed by atoms with Gasteiger partial charge in [0, 0.05) is 23.6 Å². The van der Waals surface area contributed by atoms with Crippen molar-refractivity contribution in [3.63, 3.8) is 0 Å². The Hall–Kier alpha value is -3.07. The van der Waals surface area contributed by atoms with Crippen LogP contribution in [0.3, 0.4) is 0 Å². The van der Waals surface area contributed by atoms with Gasteiger partial charge in [-0.3, -0.25) is 0 Å². The number of nitrogens with one attached hydrogen (secondary N) is 1. The summed E-state index contributed by atoms with van der Waals surface area (Å²) in [6.07, 6.45) is 0. The minimum atomic E-state index is -3.78. The van der Waals surface area contributed by atoms with Gasteiger partial charge in [0.2, 0.25) is 0 Å². The summed E-state index contributed by atoms with van der Waals surface area (Å²) >= 11 is 0. The highest BCUT2D eigenvalue weighted by atomic mass is 19.3. The van der Waals surface area contributed by atoms with E-state index >= 15 is 4.39 Å². The largest absolute Gasteiger partial charge is 0.484 e. The monoisotopic (exact) mass is 502 g/mol. The van der Waals surface area contributed by atoms with Crippen molar-refractivity contribution in [2.45, 2.75) is 71.6 Å². The van der Waals surface area contributed by atoms with Gasteiger partial charge in [-0.15, -0.1) is 0 Å². The number of ether oxygens (including phenoxy) is 1. The summed E-state index contributed by atoms with van der Waals surface area (Å²) in [5.41, 5.74) is -2.03. The van der Waals surface area contributed by atoms with Gasteiger partial charge in [-0.05, 0) is 60.6 Å². The van der Waals surface area contributed by atoms with E-state index in [1.165, 1.54) is 12.1 Å². The van der Waals surface area contributed by atoms with E-state index in [-0.39, 0.29) is 11.2 Å². The van der Waals surface area contributed by atoms with Crippen LogP contribution in [-0.2, 0) is 5.92 Å². The third-order valence-corrected chi connectivity index (χ3v) is 6.52. The number of rotatable bonds is 6. The first kappa shape index (κ1) is 26.0. The van der Waals surface area contributed by atoms with Crippen LogP contribution in [0.1, 0.15) is 64.5 Å². The number of hydrogen-bond acceptors (Lipinski definition) is 6. The first-order chi connectivity index (χ1) is 16.6. The number of likely N-dealkylation sites (N-methyl/N-ethyl adjacent to an activating group) is 1. The number of fused-ring (bicyclic) bond motifs is 2. The molecule has 1 atom stereocenters. The van der Waals surface area contributed by atoms with Gasteiger partial charge in [0.1, 0.15) is 34.4 Å². The second kappa shape index (κ2) is 8.80. The van der Waals surface area contributed by atoms with Crippen molar-refractivity contribution in [3.05, 3.63) is 53.1 Å². The smallest absolute Gasteiger partial charge is 0.303 e. The molecule has 0 aliphatic carbocycles. The molecule has 2 aromatic carbocycles. The average Bonchev–Trinajstić information content (AvgIpc) is 2.75. The van der Waals surface area contributed by atoms with Crippen LogP contribution in [0, 0.1) is 12.7 Å². The van der Waals surface area contributed by atoms with Gasteiger partial charge < -0.3 is 20.1 Å². The molecule has 9 heteroatoms. The van der Waals surface area contributed by atoms with E-state index in [1.54, 1.807) is 13.8 Å². The lowest BCUT2D eigenvalue weighted by Gasteiger charge is -2.40. The third-order valence-electron chi connectivity index (χ3n) is 6.52. The Balaban J connectivity index is 1.77. The van der Waals surface area contributed by atoms with Crippen LogP contribution in [0.5, 0.6) is 5.75 Å². The van der Waals surface area contributed by atoms with E-state index < -0.39 is 28.9 Å². The zero-order valence-electron chi connectivity index (χ0n) is 21.7. The van der Waals surface area contributed by atoms with Gasteiger partial charge >= 0.3 is 5.92 Å². The normalized spacial score (nSPS) is 16.5. The maximum absolute atomic E-state index is 15.4. The molecule has 2 N–H and O–H groups in total. The van der Waals surface area contributed by atoms with Crippen LogP contribution in [0.25, 0.3) is 10.9 Å². The number of anilines is 2. The van der Waals surface area contributed by atoms with E-state index in [2.05, 4.69) is 27.1 Å². The molecular formula is C27H33F3N4O2. The topological polar surface area (TPSA) is 70.5 Å². The van der Waals surface area contributed by atoms with Gasteiger partial charge in [-0.2, -0.15) is 8.78 Å². The fourth-order valence-electron chi connectivity index (χ4n) is 4.60. The number of nitrogens with zero attached hydrogens (tertiary/aromatic N) is 3. The molecule has 0 saturated carbocycles. The Kier molecular flexibility index (Phi) is 6.35. The first-order valence-corrected chi connectivity index (χ1v) is 12.1. The molecule has 6 nitrogen and oxygen atoms in total. The third kappa shape index (κ3) is 4.56. The number of alkyl halides is 2. The number of aromatic nitrogens is 2. The van der Waals surface area contributed by atoms with Crippen molar-refractivity contribution < 1.29 is 23.0 Å². The summed E-state index contributed by atoms with van der Waals surface area (Å²) < 4.78 is 51.2. The van der Waals surface area contributed by atoms with Gasteiger partial charge in [-0.1, -0.05) is 12.1 Å². The molecule has 36 heavy (non-hydrogen) atoms. The van der Waals surface area contributed by atoms with E-state index in [9.17, 15) is 13.9 Å². The predicted molar refractivity (Wildman–Crippen MR) is 135 cm³/mol. The summed E-state index contributed by atoms with van der Waals surface area (Å²) in [7, 11) is 0. The SMILES string of the molecule is CCN1CC(C)(C)Oc2cc3nc(C)nc(N[C@H](C)c4cccc(C(F)(F)C(C)(C)O)c4F)c3cc21. The van der Waals surface area contributed by atoms with Gasteiger partial charge in [0.25, 0.3) is 0 Å². The highest BCUT2D eigenvalue weighted by Gasteiger charge is 2.49.